The molecule has 0 heterocycles. The van der Waals surface area contributed by atoms with Gasteiger partial charge in [0.25, 0.3) is 0 Å². The molecule has 7 nitrogen and oxygen atoms in total. The van der Waals surface area contributed by atoms with Crippen LogP contribution in [-0.2, 0) is 19.6 Å². The number of rotatable bonds is 10. The third kappa shape index (κ3) is 8.11. The van der Waals surface area contributed by atoms with E-state index in [0.717, 1.165) is 12.1 Å². The maximum atomic E-state index is 14.0. The molecule has 148 valence electrons. The molecule has 0 aromatic heterocycles. The summed E-state index contributed by atoms with van der Waals surface area (Å²) in [5.41, 5.74) is -0.0314. The van der Waals surface area contributed by atoms with E-state index in [1.54, 1.807) is 0 Å². The van der Waals surface area contributed by atoms with Gasteiger partial charge in [0.1, 0.15) is 6.61 Å². The standard InChI is InChI=1S/C17H25FO7S/c1-11(2)10-24-17(12(3)4)25-15-9-13(5-6-14(15)18)16(19)23-7-8-26(20,21)22/h5-6,9,11-12,17H,7-8,10H2,1-4H3,(H,20,21,22)/p-1. The summed E-state index contributed by atoms with van der Waals surface area (Å²) in [7, 11) is -4.48. The number of hydrogen-bond acceptors (Lipinski definition) is 7. The lowest BCUT2D eigenvalue weighted by Gasteiger charge is -2.24. The molecule has 1 aromatic carbocycles. The molecule has 0 aliphatic rings. The van der Waals surface area contributed by atoms with Gasteiger partial charge in [-0.2, -0.15) is 0 Å². The van der Waals surface area contributed by atoms with Gasteiger partial charge in [-0.15, -0.1) is 0 Å². The molecule has 0 aliphatic heterocycles. The predicted molar refractivity (Wildman–Crippen MR) is 91.3 cm³/mol. The highest BCUT2D eigenvalue weighted by Crippen LogP contribution is 2.23. The van der Waals surface area contributed by atoms with E-state index in [4.69, 9.17) is 14.2 Å². The fourth-order valence-electron chi connectivity index (χ4n) is 1.82. The van der Waals surface area contributed by atoms with E-state index in [0.29, 0.717) is 6.61 Å². The Morgan fingerprint density at radius 3 is 2.42 bits per heavy atom. The van der Waals surface area contributed by atoms with Gasteiger partial charge in [-0.1, -0.05) is 27.7 Å². The molecule has 1 unspecified atom stereocenters. The van der Waals surface area contributed by atoms with Crippen LogP contribution in [0.4, 0.5) is 4.39 Å². The van der Waals surface area contributed by atoms with Gasteiger partial charge in [0.05, 0.1) is 28.0 Å². The Morgan fingerprint density at radius 1 is 1.23 bits per heavy atom. The van der Waals surface area contributed by atoms with Gasteiger partial charge in [-0.3, -0.25) is 0 Å². The normalized spacial score (nSPS) is 13.1. The number of esters is 1. The summed E-state index contributed by atoms with van der Waals surface area (Å²) < 4.78 is 61.4. The summed E-state index contributed by atoms with van der Waals surface area (Å²) in [4.78, 5) is 11.9. The third-order valence-corrected chi connectivity index (χ3v) is 3.78. The molecule has 0 bridgehead atoms. The second-order valence-corrected chi connectivity index (χ2v) is 8.02. The van der Waals surface area contributed by atoms with Crippen LogP contribution in [0.2, 0.25) is 0 Å². The maximum absolute atomic E-state index is 14.0. The molecule has 0 radical (unpaired) electrons. The van der Waals surface area contributed by atoms with Crippen LogP contribution in [0.1, 0.15) is 38.1 Å². The van der Waals surface area contributed by atoms with Crippen molar-refractivity contribution in [3.8, 4) is 5.75 Å². The zero-order valence-electron chi connectivity index (χ0n) is 15.2. The lowest BCUT2D eigenvalue weighted by atomic mass is 10.2. The zero-order chi connectivity index (χ0) is 19.9. The van der Waals surface area contributed by atoms with E-state index in [1.165, 1.54) is 6.07 Å². The molecule has 0 saturated carbocycles. The van der Waals surface area contributed by atoms with Crippen molar-refractivity contribution in [1.82, 2.24) is 0 Å². The summed E-state index contributed by atoms with van der Waals surface area (Å²) in [6.45, 7) is 7.49. The Bertz CT molecular complexity index is 701. The Labute approximate surface area is 153 Å². The highest BCUT2D eigenvalue weighted by atomic mass is 32.2. The Hall–Kier alpha value is -1.71. The average Bonchev–Trinajstić information content (AvgIpc) is 2.51. The van der Waals surface area contributed by atoms with Gasteiger partial charge in [0.2, 0.25) is 6.29 Å². The molecule has 0 spiro atoms. The fourth-order valence-corrected chi connectivity index (χ4v) is 2.10. The molecule has 1 rings (SSSR count). The summed E-state index contributed by atoms with van der Waals surface area (Å²) in [6.07, 6.45) is -0.705. The first-order chi connectivity index (χ1) is 12.0. The van der Waals surface area contributed by atoms with Crippen molar-refractivity contribution in [2.24, 2.45) is 11.8 Å². The van der Waals surface area contributed by atoms with Crippen LogP contribution in [0.25, 0.3) is 0 Å². The molecule has 0 saturated heterocycles. The first-order valence-corrected chi connectivity index (χ1v) is 9.76. The molecule has 1 aromatic rings. The van der Waals surface area contributed by atoms with Crippen LogP contribution in [0, 0.1) is 17.7 Å². The van der Waals surface area contributed by atoms with Crippen LogP contribution >= 0.6 is 0 Å². The third-order valence-electron chi connectivity index (χ3n) is 3.11. The lowest BCUT2D eigenvalue weighted by molar-refractivity contribution is -0.116. The number of hydrogen-bond donors (Lipinski definition) is 0. The van der Waals surface area contributed by atoms with Crippen molar-refractivity contribution in [3.63, 3.8) is 0 Å². The largest absolute Gasteiger partial charge is 0.748 e. The maximum Gasteiger partial charge on any atom is 0.338 e. The van der Waals surface area contributed by atoms with E-state index in [9.17, 15) is 22.2 Å². The Kier molecular flexibility index (Phi) is 8.45. The number of carbonyl (C=O) groups is 1. The van der Waals surface area contributed by atoms with Gasteiger partial charge < -0.3 is 18.8 Å². The molecule has 0 fully saturated rings. The van der Waals surface area contributed by atoms with Gasteiger partial charge in [-0.05, 0) is 24.1 Å². The Balaban J connectivity index is 2.83. The van der Waals surface area contributed by atoms with E-state index >= 15 is 0 Å². The Morgan fingerprint density at radius 2 is 1.88 bits per heavy atom. The van der Waals surface area contributed by atoms with Gasteiger partial charge >= 0.3 is 5.97 Å². The SMILES string of the molecule is CC(C)COC(Oc1cc(C(=O)OCCS(=O)(=O)[O-])ccc1F)C(C)C. The highest BCUT2D eigenvalue weighted by Gasteiger charge is 2.20. The van der Waals surface area contributed by atoms with Crippen molar-refractivity contribution in [3.05, 3.63) is 29.6 Å². The lowest BCUT2D eigenvalue weighted by Crippen LogP contribution is -2.28. The van der Waals surface area contributed by atoms with Crippen LogP contribution in [0.3, 0.4) is 0 Å². The van der Waals surface area contributed by atoms with Crippen molar-refractivity contribution in [2.75, 3.05) is 19.0 Å². The van der Waals surface area contributed by atoms with Crippen LogP contribution in [0.5, 0.6) is 5.75 Å². The molecule has 26 heavy (non-hydrogen) atoms. The minimum Gasteiger partial charge on any atom is -0.748 e. The minimum absolute atomic E-state index is 0.0314. The van der Waals surface area contributed by atoms with Crippen molar-refractivity contribution in [2.45, 2.75) is 34.0 Å². The monoisotopic (exact) mass is 391 g/mol. The molecular formula is C17H24FO7S-. The van der Waals surface area contributed by atoms with Crippen molar-refractivity contribution < 1.29 is 36.4 Å². The topological polar surface area (TPSA) is 102 Å². The van der Waals surface area contributed by atoms with E-state index in [1.807, 2.05) is 27.7 Å². The quantitative estimate of drug-likeness (QED) is 0.343. The van der Waals surface area contributed by atoms with Crippen LogP contribution < -0.4 is 4.74 Å². The summed E-state index contributed by atoms with van der Waals surface area (Å²) in [5.74, 6) is -2.38. The van der Waals surface area contributed by atoms with Crippen LogP contribution in [0.15, 0.2) is 18.2 Å². The summed E-state index contributed by atoms with van der Waals surface area (Å²) in [6, 6.07) is 3.36. The number of ether oxygens (including phenoxy) is 3. The minimum atomic E-state index is -4.48. The number of carbonyl (C=O) groups excluding carboxylic acids is 1. The second-order valence-electron chi connectivity index (χ2n) is 6.50. The number of halogens is 1. The highest BCUT2D eigenvalue weighted by molar-refractivity contribution is 7.85. The van der Waals surface area contributed by atoms with Crippen molar-refractivity contribution >= 4 is 16.1 Å². The zero-order valence-corrected chi connectivity index (χ0v) is 16.0. The van der Waals surface area contributed by atoms with Gasteiger partial charge in [0.15, 0.2) is 11.6 Å². The number of benzene rings is 1. The molecule has 0 N–H and O–H groups in total. The first-order valence-electron chi connectivity index (χ1n) is 8.18. The van der Waals surface area contributed by atoms with Gasteiger partial charge in [0, 0.05) is 5.92 Å². The molecular weight excluding hydrogens is 367 g/mol. The molecule has 9 heteroatoms. The smallest absolute Gasteiger partial charge is 0.338 e. The summed E-state index contributed by atoms with van der Waals surface area (Å²) >= 11 is 0. The van der Waals surface area contributed by atoms with Crippen molar-refractivity contribution in [1.29, 1.82) is 0 Å². The van der Waals surface area contributed by atoms with E-state index in [-0.39, 0.29) is 23.1 Å². The van der Waals surface area contributed by atoms with Gasteiger partial charge in [-0.25, -0.2) is 17.6 Å². The predicted octanol–water partition coefficient (Wildman–Crippen LogP) is 2.56. The second kappa shape index (κ2) is 9.84. The fraction of sp³-hybridized carbons (Fsp3) is 0.588. The van der Waals surface area contributed by atoms with Crippen LogP contribution in [-0.4, -0.2) is 44.2 Å². The average molecular weight is 391 g/mol. The molecule has 0 amide bonds. The first kappa shape index (κ1) is 22.3. The van der Waals surface area contributed by atoms with E-state index < -0.39 is 40.6 Å². The molecule has 0 aliphatic carbocycles. The molecule has 1 atom stereocenters. The van der Waals surface area contributed by atoms with E-state index in [2.05, 4.69) is 0 Å². The summed E-state index contributed by atoms with van der Waals surface area (Å²) in [5, 5.41) is 0.